The van der Waals surface area contributed by atoms with Crippen LogP contribution >= 0.6 is 0 Å². The largest absolute Gasteiger partial charge is 0.306 e. The summed E-state index contributed by atoms with van der Waals surface area (Å²) in [6.45, 7) is 6.27. The molecule has 0 aromatic heterocycles. The number of piperidine rings is 1. The molecular weight excluding hydrogens is 134 g/mol. The molecule has 0 atom stereocenters. The zero-order valence-corrected chi connectivity index (χ0v) is 7.85. The van der Waals surface area contributed by atoms with Gasteiger partial charge in [-0.05, 0) is 44.2 Å². The van der Waals surface area contributed by atoms with Crippen LogP contribution in [0.15, 0.2) is 0 Å². The van der Waals surface area contributed by atoms with Gasteiger partial charge in [-0.1, -0.05) is 20.8 Å². The van der Waals surface area contributed by atoms with Crippen LogP contribution in [0.25, 0.3) is 0 Å². The Labute approximate surface area is 75.0 Å². The molecule has 0 amide bonds. The van der Waals surface area contributed by atoms with Gasteiger partial charge < -0.3 is 4.90 Å². The lowest BCUT2D eigenvalue weighted by molar-refractivity contribution is 0.129. The fourth-order valence-electron chi connectivity index (χ4n) is 1.75. The molecule has 0 aliphatic carbocycles. The molecule has 0 aromatic rings. The molecule has 1 heteroatoms. The van der Waals surface area contributed by atoms with Crippen molar-refractivity contribution in [2.75, 3.05) is 20.1 Å². The minimum Gasteiger partial charge on any atom is -0.306 e. The molecule has 1 aliphatic heterocycles. The van der Waals surface area contributed by atoms with Gasteiger partial charge in [0.2, 0.25) is 0 Å². The lowest BCUT2D eigenvalue weighted by Gasteiger charge is -2.37. The van der Waals surface area contributed by atoms with Crippen LogP contribution in [0.1, 0.15) is 37.7 Å². The highest BCUT2D eigenvalue weighted by Crippen LogP contribution is 2.33. The van der Waals surface area contributed by atoms with Gasteiger partial charge >= 0.3 is 0 Å². The fraction of sp³-hybridized carbons (Fsp3) is 1.00. The van der Waals surface area contributed by atoms with Crippen molar-refractivity contribution >= 4 is 0 Å². The van der Waals surface area contributed by atoms with Gasteiger partial charge in [-0.15, -0.1) is 0 Å². The molecule has 0 spiro atoms. The van der Waals surface area contributed by atoms with E-state index < -0.39 is 6.98 Å². The van der Waals surface area contributed by atoms with Gasteiger partial charge in [-0.3, -0.25) is 0 Å². The van der Waals surface area contributed by atoms with Crippen LogP contribution in [0, 0.1) is 11.3 Å². The number of hydrogen-bond acceptors (Lipinski definition) is 1. The molecule has 0 N–H and O–H groups in total. The van der Waals surface area contributed by atoms with E-state index >= 15 is 0 Å². The molecule has 1 aliphatic rings. The van der Waals surface area contributed by atoms with Gasteiger partial charge in [0.25, 0.3) is 0 Å². The quantitative estimate of drug-likeness (QED) is 0.523. The molecule has 66 valence electrons. The van der Waals surface area contributed by atoms with Crippen molar-refractivity contribution in [1.82, 2.24) is 4.90 Å². The first-order chi connectivity index (χ1) is 6.21. The summed E-state index contributed by atoms with van der Waals surface area (Å²) in [7, 11) is 0. The van der Waals surface area contributed by atoms with Crippen LogP contribution in [-0.2, 0) is 0 Å². The molecule has 1 fully saturated rings. The predicted molar refractivity (Wildman–Crippen MR) is 49.7 cm³/mol. The zero-order chi connectivity index (χ0) is 11.0. The highest BCUT2D eigenvalue weighted by molar-refractivity contribution is 4.79. The van der Waals surface area contributed by atoms with Crippen molar-refractivity contribution in [2.45, 2.75) is 33.6 Å². The first-order valence-corrected chi connectivity index (χ1v) is 4.46. The number of nitrogens with zero attached hydrogens (tertiary/aromatic N) is 1. The third kappa shape index (κ3) is 2.48. The third-order valence-corrected chi connectivity index (χ3v) is 2.72. The Morgan fingerprint density at radius 3 is 2.18 bits per heavy atom. The van der Waals surface area contributed by atoms with Crippen molar-refractivity contribution in [3.63, 3.8) is 0 Å². The van der Waals surface area contributed by atoms with Crippen LogP contribution in [0.3, 0.4) is 0 Å². The lowest BCUT2D eigenvalue weighted by Crippen LogP contribution is -2.35. The van der Waals surface area contributed by atoms with Gasteiger partial charge in [-0.25, -0.2) is 0 Å². The molecule has 1 rings (SSSR count). The number of hydrogen-bond donors (Lipinski definition) is 0. The number of likely N-dealkylation sites (tertiary alicyclic amines) is 1. The van der Waals surface area contributed by atoms with Crippen LogP contribution < -0.4 is 0 Å². The van der Waals surface area contributed by atoms with E-state index in [1.807, 2.05) is 0 Å². The molecule has 0 radical (unpaired) electrons. The summed E-state index contributed by atoms with van der Waals surface area (Å²) in [5.74, 6) is 0.668. The summed E-state index contributed by atoms with van der Waals surface area (Å²) in [6, 6.07) is 0. The molecule has 1 saturated heterocycles. The Balaban J connectivity index is 2.47. The average molecular weight is 158 g/mol. The van der Waals surface area contributed by atoms with Gasteiger partial charge in [0, 0.05) is 4.11 Å². The molecule has 1 nitrogen and oxygen atoms in total. The summed E-state index contributed by atoms with van der Waals surface area (Å²) in [5, 5.41) is 0. The molecule has 11 heavy (non-hydrogen) atoms. The van der Waals surface area contributed by atoms with Crippen LogP contribution in [0.5, 0.6) is 0 Å². The smallest absolute Gasteiger partial charge is 0.0394 e. The highest BCUT2D eigenvalue weighted by Gasteiger charge is 2.27. The van der Waals surface area contributed by atoms with Gasteiger partial charge in [0.1, 0.15) is 0 Å². The van der Waals surface area contributed by atoms with Crippen molar-refractivity contribution in [1.29, 1.82) is 0 Å². The Bertz CT molecular complexity index is 163. The Hall–Kier alpha value is -0.0400. The Morgan fingerprint density at radius 2 is 1.82 bits per heavy atom. The van der Waals surface area contributed by atoms with E-state index in [1.54, 1.807) is 4.90 Å². The van der Waals surface area contributed by atoms with Crippen LogP contribution in [0.4, 0.5) is 0 Å². The van der Waals surface area contributed by atoms with E-state index in [4.69, 9.17) is 4.11 Å². The van der Waals surface area contributed by atoms with E-state index in [1.165, 1.54) is 0 Å². The van der Waals surface area contributed by atoms with Gasteiger partial charge in [-0.2, -0.15) is 0 Å². The van der Waals surface area contributed by atoms with E-state index in [0.717, 1.165) is 25.9 Å². The summed E-state index contributed by atoms with van der Waals surface area (Å²) in [4.78, 5) is 1.62. The van der Waals surface area contributed by atoms with Gasteiger partial charge in [0.15, 0.2) is 0 Å². The first kappa shape index (κ1) is 5.58. The maximum absolute atomic E-state index is 7.31. The molecule has 0 bridgehead atoms. The molecule has 0 saturated carbocycles. The normalized spacial score (nSPS) is 29.2. The van der Waals surface area contributed by atoms with E-state index in [-0.39, 0.29) is 0 Å². The second kappa shape index (κ2) is 3.14. The standard InChI is InChI=1S/C10H21N/c1-10(2,3)9-5-7-11(4)8-6-9/h9H,5-8H2,1-4H3/i4D3. The van der Waals surface area contributed by atoms with Crippen molar-refractivity contribution in [3.05, 3.63) is 0 Å². The van der Waals surface area contributed by atoms with E-state index in [2.05, 4.69) is 20.8 Å². The van der Waals surface area contributed by atoms with Crippen molar-refractivity contribution < 1.29 is 4.11 Å². The third-order valence-electron chi connectivity index (χ3n) is 2.72. The molecule has 0 aromatic carbocycles. The Morgan fingerprint density at radius 1 is 1.27 bits per heavy atom. The van der Waals surface area contributed by atoms with Crippen molar-refractivity contribution in [2.24, 2.45) is 11.3 Å². The highest BCUT2D eigenvalue weighted by atomic mass is 15.1. The topological polar surface area (TPSA) is 3.24 Å². The summed E-state index contributed by atoms with van der Waals surface area (Å²) in [5.41, 5.74) is 0.320. The van der Waals surface area contributed by atoms with E-state index in [9.17, 15) is 0 Å². The fourth-order valence-corrected chi connectivity index (χ4v) is 1.75. The molecule has 1 heterocycles. The Kier molecular flexibility index (Phi) is 1.59. The first-order valence-electron chi connectivity index (χ1n) is 5.96. The minimum atomic E-state index is -1.89. The average Bonchev–Trinajstić information content (AvgIpc) is 2.01. The maximum Gasteiger partial charge on any atom is 0.0394 e. The molecular formula is C10H21N. The second-order valence-corrected chi connectivity index (χ2v) is 4.63. The molecule has 0 unspecified atom stereocenters. The summed E-state index contributed by atoms with van der Waals surface area (Å²) >= 11 is 0. The monoisotopic (exact) mass is 158 g/mol. The summed E-state index contributed by atoms with van der Waals surface area (Å²) < 4.78 is 21.9. The SMILES string of the molecule is [2H]C([2H])([2H])N1CCC(C(C)(C)C)CC1. The summed E-state index contributed by atoms with van der Waals surface area (Å²) in [6.07, 6.45) is 2.03. The zero-order valence-electron chi connectivity index (χ0n) is 10.9. The van der Waals surface area contributed by atoms with E-state index in [0.29, 0.717) is 11.3 Å². The predicted octanol–water partition coefficient (Wildman–Crippen LogP) is 2.37. The lowest BCUT2D eigenvalue weighted by atomic mass is 9.75. The number of rotatable bonds is 0. The maximum atomic E-state index is 7.31. The van der Waals surface area contributed by atoms with Gasteiger partial charge in [0.05, 0.1) is 0 Å². The second-order valence-electron chi connectivity index (χ2n) is 4.63. The minimum absolute atomic E-state index is 0.320. The van der Waals surface area contributed by atoms with Crippen LogP contribution in [-0.4, -0.2) is 25.0 Å². The van der Waals surface area contributed by atoms with Crippen molar-refractivity contribution in [3.8, 4) is 0 Å². The van der Waals surface area contributed by atoms with Crippen LogP contribution in [0.2, 0.25) is 0 Å².